The Morgan fingerprint density at radius 2 is 1.83 bits per heavy atom. The zero-order valence-corrected chi connectivity index (χ0v) is 20.3. The average Bonchev–Trinajstić information content (AvgIpc) is 3.05. The number of nitrogens with two attached hydrogens (primary N) is 2. The fourth-order valence-corrected chi connectivity index (χ4v) is 4.04. The number of allylic oxidation sites excluding steroid dienone is 1. The van der Waals surface area contributed by atoms with E-state index >= 15 is 0 Å². The number of ether oxygens (including phenoxy) is 3. The van der Waals surface area contributed by atoms with Gasteiger partial charge in [-0.15, -0.1) is 0 Å². The molecule has 1 unspecified atom stereocenters. The molecule has 4 N–H and O–H groups in total. The van der Waals surface area contributed by atoms with Gasteiger partial charge in [0.2, 0.25) is 0 Å². The lowest BCUT2D eigenvalue weighted by molar-refractivity contribution is -0.147. The Bertz CT molecular complexity index is 1060. The van der Waals surface area contributed by atoms with Crippen LogP contribution in [0.5, 0.6) is 11.5 Å². The van der Waals surface area contributed by atoms with Crippen LogP contribution < -0.4 is 20.9 Å². The number of methoxy groups -OCH3 is 1. The van der Waals surface area contributed by atoms with Gasteiger partial charge in [-0.3, -0.25) is 4.79 Å². The lowest BCUT2D eigenvalue weighted by atomic mass is 9.96. The molecule has 0 amide bonds. The summed E-state index contributed by atoms with van der Waals surface area (Å²) in [6.07, 6.45) is 3.94. The normalized spacial score (nSPS) is 14.4. The van der Waals surface area contributed by atoms with Crippen LogP contribution in [-0.4, -0.2) is 44.8 Å². The van der Waals surface area contributed by atoms with Crippen molar-refractivity contribution >= 4 is 17.6 Å². The van der Waals surface area contributed by atoms with Crippen LogP contribution in [0.3, 0.4) is 0 Å². The van der Waals surface area contributed by atoms with E-state index in [4.69, 9.17) is 25.7 Å². The third-order valence-electron chi connectivity index (χ3n) is 6.12. The van der Waals surface area contributed by atoms with Gasteiger partial charge in [0, 0.05) is 19.4 Å². The fraction of sp³-hybridized carbons (Fsp3) is 0.444. The van der Waals surface area contributed by atoms with Gasteiger partial charge in [-0.2, -0.15) is 0 Å². The van der Waals surface area contributed by atoms with Gasteiger partial charge in [0.25, 0.3) is 5.92 Å². The maximum Gasteiger partial charge on any atom is 0.324 e. The zero-order valence-electron chi connectivity index (χ0n) is 20.3. The molecule has 1 aliphatic carbocycles. The topological polar surface area (TPSA) is 96.8 Å². The second-order valence-corrected chi connectivity index (χ2v) is 8.78. The van der Waals surface area contributed by atoms with Gasteiger partial charge in [-0.1, -0.05) is 18.2 Å². The van der Waals surface area contributed by atoms with E-state index in [2.05, 4.69) is 19.1 Å². The lowest BCUT2D eigenvalue weighted by Crippen LogP contribution is -2.39. The Kier molecular flexibility index (Phi) is 9.23. The maximum absolute atomic E-state index is 14.1. The number of aryl methyl sites for hydroxylation is 2. The van der Waals surface area contributed by atoms with Crippen LogP contribution >= 0.6 is 0 Å². The van der Waals surface area contributed by atoms with E-state index < -0.39 is 37.4 Å². The smallest absolute Gasteiger partial charge is 0.324 e. The number of rotatable bonds is 11. The summed E-state index contributed by atoms with van der Waals surface area (Å²) >= 11 is 0. The molecule has 0 heterocycles. The maximum atomic E-state index is 14.1. The van der Waals surface area contributed by atoms with Gasteiger partial charge < -0.3 is 25.7 Å². The number of carbonyl (C=O) groups is 1. The highest BCUT2D eigenvalue weighted by Gasteiger charge is 2.29. The van der Waals surface area contributed by atoms with Crippen molar-refractivity contribution in [3.8, 4) is 11.5 Å². The Morgan fingerprint density at radius 3 is 2.54 bits per heavy atom. The Morgan fingerprint density at radius 1 is 1.09 bits per heavy atom. The molecule has 3 rings (SSSR count). The van der Waals surface area contributed by atoms with Crippen LogP contribution in [0.4, 0.5) is 8.78 Å². The van der Waals surface area contributed by atoms with Crippen molar-refractivity contribution in [3.63, 3.8) is 0 Å². The first-order valence-electron chi connectivity index (χ1n) is 11.8. The summed E-state index contributed by atoms with van der Waals surface area (Å²) in [6.45, 7) is 1.42. The third kappa shape index (κ3) is 7.50. The summed E-state index contributed by atoms with van der Waals surface area (Å²) in [5.41, 5.74) is 16.6. The second kappa shape index (κ2) is 12.1. The van der Waals surface area contributed by atoms with E-state index in [-0.39, 0.29) is 13.2 Å². The van der Waals surface area contributed by atoms with E-state index in [0.29, 0.717) is 5.75 Å². The second-order valence-electron chi connectivity index (χ2n) is 8.78. The standard InChI is InChI=1S/C27H34F2N2O4/c1-18-14-22(33-2)8-9-24(18)21-5-3-4-19-16-23(7-6-20(19)15-21)34-12-10-27(28,29)11-13-35-26(32)25(31)17-30/h6-9,14-16,25H,3-5,10-13,17,30-31H2,1-2H3. The molecular weight excluding hydrogens is 454 g/mol. The zero-order chi connectivity index (χ0) is 25.4. The summed E-state index contributed by atoms with van der Waals surface area (Å²) in [6, 6.07) is 10.8. The van der Waals surface area contributed by atoms with Crippen molar-refractivity contribution in [2.24, 2.45) is 11.5 Å². The minimum atomic E-state index is -3.02. The van der Waals surface area contributed by atoms with Gasteiger partial charge >= 0.3 is 5.97 Å². The summed E-state index contributed by atoms with van der Waals surface area (Å²) in [7, 11) is 1.66. The third-order valence-corrected chi connectivity index (χ3v) is 6.12. The van der Waals surface area contributed by atoms with Crippen LogP contribution in [0.1, 0.15) is 47.9 Å². The highest BCUT2D eigenvalue weighted by atomic mass is 19.3. The Labute approximate surface area is 205 Å². The number of halogens is 2. The monoisotopic (exact) mass is 488 g/mol. The summed E-state index contributed by atoms with van der Waals surface area (Å²) in [5, 5.41) is 0. The predicted molar refractivity (Wildman–Crippen MR) is 133 cm³/mol. The van der Waals surface area contributed by atoms with E-state index in [9.17, 15) is 13.6 Å². The average molecular weight is 489 g/mol. The van der Waals surface area contributed by atoms with Gasteiger partial charge in [0.1, 0.15) is 17.5 Å². The summed E-state index contributed by atoms with van der Waals surface area (Å²) < 4.78 is 44.0. The minimum absolute atomic E-state index is 0.0952. The molecule has 0 fully saturated rings. The number of esters is 1. The quantitative estimate of drug-likeness (QED) is 0.452. The van der Waals surface area contributed by atoms with E-state index in [1.807, 2.05) is 30.3 Å². The lowest BCUT2D eigenvalue weighted by Gasteiger charge is -2.17. The first-order chi connectivity index (χ1) is 16.7. The van der Waals surface area contributed by atoms with Crippen molar-refractivity contribution in [3.05, 3.63) is 58.7 Å². The molecule has 1 aliphatic rings. The SMILES string of the molecule is COc1ccc(C2=Cc3ccc(OCCC(F)(F)CCOC(=O)C(N)CN)cc3CCC2)c(C)c1. The van der Waals surface area contributed by atoms with Crippen molar-refractivity contribution < 1.29 is 27.8 Å². The molecule has 6 nitrogen and oxygen atoms in total. The molecule has 35 heavy (non-hydrogen) atoms. The summed E-state index contributed by atoms with van der Waals surface area (Å²) in [5.74, 6) is -2.39. The van der Waals surface area contributed by atoms with Crippen molar-refractivity contribution in [2.75, 3.05) is 26.9 Å². The van der Waals surface area contributed by atoms with Crippen molar-refractivity contribution in [1.29, 1.82) is 0 Å². The highest BCUT2D eigenvalue weighted by molar-refractivity contribution is 5.84. The first-order valence-corrected chi connectivity index (χ1v) is 11.8. The molecule has 0 radical (unpaired) electrons. The number of hydrogen-bond donors (Lipinski definition) is 2. The molecule has 1 atom stereocenters. The van der Waals surface area contributed by atoms with Gasteiger partial charge in [0.05, 0.1) is 20.3 Å². The largest absolute Gasteiger partial charge is 0.497 e. The van der Waals surface area contributed by atoms with Gasteiger partial charge in [-0.25, -0.2) is 8.78 Å². The number of carbonyl (C=O) groups excluding carboxylic acids is 1. The molecular formula is C27H34F2N2O4. The van der Waals surface area contributed by atoms with Crippen LogP contribution in [0.15, 0.2) is 36.4 Å². The van der Waals surface area contributed by atoms with Gasteiger partial charge in [0.15, 0.2) is 0 Å². The van der Waals surface area contributed by atoms with E-state index in [1.165, 1.54) is 11.1 Å². The number of alkyl halides is 2. The number of benzene rings is 2. The molecule has 0 saturated heterocycles. The molecule has 0 aromatic heterocycles. The Hall–Kier alpha value is -2.97. The molecule has 2 aromatic carbocycles. The van der Waals surface area contributed by atoms with Crippen LogP contribution in [0.2, 0.25) is 0 Å². The van der Waals surface area contributed by atoms with Crippen LogP contribution in [-0.2, 0) is 16.0 Å². The highest BCUT2D eigenvalue weighted by Crippen LogP contribution is 2.34. The molecule has 0 aliphatic heterocycles. The van der Waals surface area contributed by atoms with Crippen molar-refractivity contribution in [2.45, 2.75) is 51.0 Å². The molecule has 2 aromatic rings. The molecule has 8 heteroatoms. The van der Waals surface area contributed by atoms with Crippen LogP contribution in [0, 0.1) is 6.92 Å². The first kappa shape index (κ1) is 26.6. The number of hydrogen-bond acceptors (Lipinski definition) is 6. The predicted octanol–water partition coefficient (Wildman–Crippen LogP) is 4.50. The Balaban J connectivity index is 1.57. The van der Waals surface area contributed by atoms with E-state index in [0.717, 1.165) is 41.7 Å². The molecule has 0 saturated carbocycles. The summed E-state index contributed by atoms with van der Waals surface area (Å²) in [4.78, 5) is 11.4. The molecule has 0 spiro atoms. The van der Waals surface area contributed by atoms with E-state index in [1.54, 1.807) is 7.11 Å². The van der Waals surface area contributed by atoms with Gasteiger partial charge in [-0.05, 0) is 78.3 Å². The van der Waals surface area contributed by atoms with Crippen molar-refractivity contribution in [1.82, 2.24) is 0 Å². The fourth-order valence-electron chi connectivity index (χ4n) is 4.04. The minimum Gasteiger partial charge on any atom is -0.497 e. The van der Waals surface area contributed by atoms with Crippen LogP contribution in [0.25, 0.3) is 11.6 Å². The molecule has 190 valence electrons. The molecule has 0 bridgehead atoms. The number of fused-ring (bicyclic) bond motifs is 1.